The van der Waals surface area contributed by atoms with Crippen molar-refractivity contribution < 1.29 is 14.3 Å². The Morgan fingerprint density at radius 1 is 1.38 bits per heavy atom. The van der Waals surface area contributed by atoms with Crippen LogP contribution in [0.5, 0.6) is 0 Å². The van der Waals surface area contributed by atoms with Gasteiger partial charge in [0.2, 0.25) is 0 Å². The van der Waals surface area contributed by atoms with Crippen LogP contribution in [-0.4, -0.2) is 11.9 Å². The third-order valence-electron chi connectivity index (χ3n) is 1.82. The van der Waals surface area contributed by atoms with Crippen molar-refractivity contribution in [3.8, 4) is 0 Å². The molecule has 3 nitrogen and oxygen atoms in total. The molecule has 0 amide bonds. The molecule has 0 N–H and O–H groups in total. The summed E-state index contributed by atoms with van der Waals surface area (Å²) in [7, 11) is 0. The molecule has 3 heteroatoms. The van der Waals surface area contributed by atoms with Gasteiger partial charge in [-0.1, -0.05) is 31.2 Å². The predicted molar refractivity (Wildman–Crippen MR) is 60.3 cm³/mol. The fourth-order valence-electron chi connectivity index (χ4n) is 1.08. The summed E-state index contributed by atoms with van der Waals surface area (Å²) in [5, 5.41) is 0. The Bertz CT molecular complexity index is 379. The highest BCUT2D eigenvalue weighted by atomic mass is 16.6. The van der Waals surface area contributed by atoms with Gasteiger partial charge in [-0.05, 0) is 24.1 Å². The third kappa shape index (κ3) is 4.55. The second-order valence-electron chi connectivity index (χ2n) is 3.21. The summed E-state index contributed by atoms with van der Waals surface area (Å²) in [5.74, 6) is -1.12. The smallest absolute Gasteiger partial charge is 0.338 e. The molecular weight excluding hydrogens is 204 g/mol. The molecule has 0 bridgehead atoms. The maximum absolute atomic E-state index is 11.2. The zero-order valence-electron chi connectivity index (χ0n) is 9.10. The highest BCUT2D eigenvalue weighted by Crippen LogP contribution is 2.01. The fraction of sp³-hybridized carbons (Fsp3) is 0.231. The van der Waals surface area contributed by atoms with Gasteiger partial charge < -0.3 is 4.74 Å². The molecule has 0 saturated heterocycles. The van der Waals surface area contributed by atoms with Gasteiger partial charge in [0.25, 0.3) is 0 Å². The second-order valence-corrected chi connectivity index (χ2v) is 3.21. The Morgan fingerprint density at radius 2 is 2.06 bits per heavy atom. The zero-order valence-corrected chi connectivity index (χ0v) is 9.10. The first-order valence-electron chi connectivity index (χ1n) is 5.11. The molecule has 0 atom stereocenters. The summed E-state index contributed by atoms with van der Waals surface area (Å²) in [4.78, 5) is 22.1. The van der Waals surface area contributed by atoms with E-state index in [1.165, 1.54) is 6.08 Å². The summed E-state index contributed by atoms with van der Waals surface area (Å²) in [6.45, 7) is 1.85. The van der Waals surface area contributed by atoms with Crippen molar-refractivity contribution in [2.75, 3.05) is 0 Å². The topological polar surface area (TPSA) is 43.4 Å². The number of esters is 2. The standard InChI is InChI=1S/C13H13O3/c1-2-6-12(14)16-13(15)10-9-11-7-4-3-5-8-11/h4-5,7-10H,2,6H2,1H3/b10-9+. The molecule has 1 radical (unpaired) electrons. The summed E-state index contributed by atoms with van der Waals surface area (Å²) in [6, 6.07) is 9.96. The first kappa shape index (κ1) is 12.2. The number of ether oxygens (including phenoxy) is 1. The number of carbonyl (C=O) groups is 2. The van der Waals surface area contributed by atoms with Gasteiger partial charge in [0.15, 0.2) is 0 Å². The molecule has 1 rings (SSSR count). The van der Waals surface area contributed by atoms with Crippen molar-refractivity contribution in [2.45, 2.75) is 19.8 Å². The monoisotopic (exact) mass is 217 g/mol. The lowest BCUT2D eigenvalue weighted by atomic mass is 10.2. The van der Waals surface area contributed by atoms with Crippen LogP contribution in [0.2, 0.25) is 0 Å². The Balaban J connectivity index is 2.46. The lowest BCUT2D eigenvalue weighted by Gasteiger charge is -1.97. The molecule has 0 aliphatic rings. The van der Waals surface area contributed by atoms with E-state index in [9.17, 15) is 9.59 Å². The van der Waals surface area contributed by atoms with Gasteiger partial charge in [-0.25, -0.2) is 4.79 Å². The molecule has 83 valence electrons. The predicted octanol–water partition coefficient (Wildman–Crippen LogP) is 2.37. The van der Waals surface area contributed by atoms with Crippen LogP contribution < -0.4 is 0 Å². The highest BCUT2D eigenvalue weighted by Gasteiger charge is 2.05. The van der Waals surface area contributed by atoms with Crippen molar-refractivity contribution >= 4 is 18.0 Å². The van der Waals surface area contributed by atoms with E-state index in [1.54, 1.807) is 30.3 Å². The molecule has 1 aromatic rings. The summed E-state index contributed by atoms with van der Waals surface area (Å²) in [6.07, 6.45) is 3.77. The van der Waals surface area contributed by atoms with Gasteiger partial charge in [-0.2, -0.15) is 0 Å². The van der Waals surface area contributed by atoms with Crippen LogP contribution in [0.15, 0.2) is 30.3 Å². The fourth-order valence-corrected chi connectivity index (χ4v) is 1.08. The Labute approximate surface area is 94.7 Å². The van der Waals surface area contributed by atoms with Crippen molar-refractivity contribution in [3.05, 3.63) is 42.0 Å². The first-order valence-corrected chi connectivity index (χ1v) is 5.11. The average molecular weight is 217 g/mol. The summed E-state index contributed by atoms with van der Waals surface area (Å²) >= 11 is 0. The Morgan fingerprint density at radius 3 is 2.69 bits per heavy atom. The van der Waals surface area contributed by atoms with Crippen molar-refractivity contribution in [3.63, 3.8) is 0 Å². The Hall–Kier alpha value is -1.90. The lowest BCUT2D eigenvalue weighted by Crippen LogP contribution is -2.09. The van der Waals surface area contributed by atoms with E-state index in [0.29, 0.717) is 6.42 Å². The van der Waals surface area contributed by atoms with Crippen molar-refractivity contribution in [1.29, 1.82) is 0 Å². The highest BCUT2D eigenvalue weighted by molar-refractivity contribution is 5.94. The van der Waals surface area contributed by atoms with Crippen LogP contribution in [0.3, 0.4) is 0 Å². The molecule has 0 spiro atoms. The molecule has 1 aromatic carbocycles. The van der Waals surface area contributed by atoms with Crippen molar-refractivity contribution in [2.24, 2.45) is 0 Å². The number of rotatable bonds is 4. The molecule has 0 aliphatic carbocycles. The molecule has 0 heterocycles. The minimum absolute atomic E-state index is 0.264. The van der Waals surface area contributed by atoms with Gasteiger partial charge in [0, 0.05) is 12.5 Å². The number of hydrogen-bond acceptors (Lipinski definition) is 3. The van der Waals surface area contributed by atoms with Gasteiger partial charge in [0.1, 0.15) is 0 Å². The van der Waals surface area contributed by atoms with E-state index < -0.39 is 11.9 Å². The number of hydrogen-bond donors (Lipinski definition) is 0. The lowest BCUT2D eigenvalue weighted by molar-refractivity contribution is -0.156. The molecule has 16 heavy (non-hydrogen) atoms. The molecule has 0 unspecified atom stereocenters. The first-order chi connectivity index (χ1) is 7.72. The number of benzene rings is 1. The SMILES string of the molecule is CCCC(=O)OC(=O)/C=C/c1cc[c]cc1. The van der Waals surface area contributed by atoms with E-state index in [4.69, 9.17) is 0 Å². The molecule has 0 fully saturated rings. The van der Waals surface area contributed by atoms with E-state index in [-0.39, 0.29) is 6.42 Å². The van der Waals surface area contributed by atoms with Crippen LogP contribution in [0.4, 0.5) is 0 Å². The molecular formula is C13H13O3. The third-order valence-corrected chi connectivity index (χ3v) is 1.82. The van der Waals surface area contributed by atoms with Crippen LogP contribution in [0.25, 0.3) is 6.08 Å². The molecule has 0 aliphatic heterocycles. The maximum Gasteiger partial charge on any atom is 0.338 e. The van der Waals surface area contributed by atoms with Gasteiger partial charge >= 0.3 is 11.9 Å². The maximum atomic E-state index is 11.2. The van der Waals surface area contributed by atoms with Crippen LogP contribution >= 0.6 is 0 Å². The average Bonchev–Trinajstić information content (AvgIpc) is 2.28. The molecule has 0 aromatic heterocycles. The number of carbonyl (C=O) groups excluding carboxylic acids is 2. The normalized spacial score (nSPS) is 10.3. The van der Waals surface area contributed by atoms with E-state index in [1.807, 2.05) is 6.92 Å². The molecule has 0 saturated carbocycles. The van der Waals surface area contributed by atoms with Crippen LogP contribution in [0.1, 0.15) is 25.3 Å². The summed E-state index contributed by atoms with van der Waals surface area (Å²) in [5.41, 5.74) is 0.860. The Kier molecular flexibility index (Phi) is 4.99. The van der Waals surface area contributed by atoms with Crippen LogP contribution in [-0.2, 0) is 14.3 Å². The minimum Gasteiger partial charge on any atom is -0.390 e. The van der Waals surface area contributed by atoms with Gasteiger partial charge in [-0.3, -0.25) is 4.79 Å². The van der Waals surface area contributed by atoms with E-state index >= 15 is 0 Å². The van der Waals surface area contributed by atoms with E-state index in [0.717, 1.165) is 5.56 Å². The van der Waals surface area contributed by atoms with Crippen LogP contribution in [0, 0.1) is 6.07 Å². The second kappa shape index (κ2) is 6.56. The minimum atomic E-state index is -0.633. The van der Waals surface area contributed by atoms with Gasteiger partial charge in [-0.15, -0.1) is 0 Å². The summed E-state index contributed by atoms with van der Waals surface area (Å²) < 4.78 is 4.54. The zero-order chi connectivity index (χ0) is 11.8. The van der Waals surface area contributed by atoms with E-state index in [2.05, 4.69) is 10.8 Å². The van der Waals surface area contributed by atoms with Crippen molar-refractivity contribution in [1.82, 2.24) is 0 Å². The quantitative estimate of drug-likeness (QED) is 0.442. The van der Waals surface area contributed by atoms with Gasteiger partial charge in [0.05, 0.1) is 0 Å². The largest absolute Gasteiger partial charge is 0.390 e.